The Balaban J connectivity index is 1.58. The minimum Gasteiger partial charge on any atom is -0.489 e. The molecular formula is C21H18ClN3O4S. The number of carbonyl (C=O) groups excluding carboxylic acids is 1. The highest BCUT2D eigenvalue weighted by Gasteiger charge is 2.19. The smallest absolute Gasteiger partial charge is 0.341 e. The van der Waals surface area contributed by atoms with E-state index >= 15 is 0 Å². The number of aryl methyl sites for hydroxylation is 1. The lowest BCUT2D eigenvalue weighted by molar-refractivity contribution is 0.0528. The van der Waals surface area contributed by atoms with E-state index in [2.05, 4.69) is 15.2 Å². The Kier molecular flexibility index (Phi) is 5.96. The fourth-order valence-electron chi connectivity index (χ4n) is 2.92. The van der Waals surface area contributed by atoms with Crippen LogP contribution in [0.3, 0.4) is 0 Å². The zero-order valence-electron chi connectivity index (χ0n) is 16.3. The van der Waals surface area contributed by atoms with Crippen LogP contribution in [-0.2, 0) is 17.8 Å². The summed E-state index contributed by atoms with van der Waals surface area (Å²) in [4.78, 5) is 16.4. The molecule has 0 bridgehead atoms. The van der Waals surface area contributed by atoms with E-state index in [1.54, 1.807) is 6.92 Å². The molecular weight excluding hydrogens is 426 g/mol. The third kappa shape index (κ3) is 4.01. The van der Waals surface area contributed by atoms with Gasteiger partial charge in [-0.05, 0) is 30.5 Å². The number of nitrogens with zero attached hydrogens (tertiary/aromatic N) is 3. The fourth-order valence-corrected chi connectivity index (χ4v) is 4.29. The topological polar surface area (TPSA) is 87.3 Å². The molecule has 0 saturated heterocycles. The molecule has 0 aliphatic rings. The molecule has 4 rings (SSSR count). The van der Waals surface area contributed by atoms with Crippen molar-refractivity contribution in [2.75, 3.05) is 6.61 Å². The van der Waals surface area contributed by atoms with Crippen molar-refractivity contribution in [3.8, 4) is 17.2 Å². The maximum Gasteiger partial charge on any atom is 0.341 e. The van der Waals surface area contributed by atoms with Crippen LogP contribution in [0.25, 0.3) is 21.5 Å². The second kappa shape index (κ2) is 8.81. The minimum absolute atomic E-state index is 0.265. The molecule has 0 fully saturated rings. The van der Waals surface area contributed by atoms with Gasteiger partial charge in [0.25, 0.3) is 0 Å². The molecule has 0 radical (unpaired) electrons. The summed E-state index contributed by atoms with van der Waals surface area (Å²) in [5, 5.41) is 11.0. The summed E-state index contributed by atoms with van der Waals surface area (Å²) in [6.45, 7) is 4.27. The van der Waals surface area contributed by atoms with Gasteiger partial charge >= 0.3 is 5.97 Å². The van der Waals surface area contributed by atoms with Gasteiger partial charge in [-0.3, -0.25) is 0 Å². The van der Waals surface area contributed by atoms with Gasteiger partial charge in [0.05, 0.1) is 16.9 Å². The van der Waals surface area contributed by atoms with Gasteiger partial charge in [0, 0.05) is 29.1 Å². The molecule has 7 nitrogen and oxygen atoms in total. The minimum atomic E-state index is -0.417. The molecule has 0 atom stereocenters. The SMILES string of the molecule is CCOC(=O)c1cnc(Cl)c2c(COc3cccc(-c4nnc(CC)o4)c3)csc12. The van der Waals surface area contributed by atoms with E-state index < -0.39 is 5.97 Å². The number of halogens is 1. The van der Waals surface area contributed by atoms with E-state index in [0.717, 1.165) is 15.8 Å². The van der Waals surface area contributed by atoms with Gasteiger partial charge in [0.15, 0.2) is 0 Å². The summed E-state index contributed by atoms with van der Waals surface area (Å²) < 4.78 is 17.4. The van der Waals surface area contributed by atoms with Crippen molar-refractivity contribution in [3.63, 3.8) is 0 Å². The zero-order chi connectivity index (χ0) is 21.1. The van der Waals surface area contributed by atoms with Crippen LogP contribution < -0.4 is 4.74 Å². The third-order valence-corrected chi connectivity index (χ3v) is 5.71. The zero-order valence-corrected chi connectivity index (χ0v) is 17.9. The molecule has 0 unspecified atom stereocenters. The summed E-state index contributed by atoms with van der Waals surface area (Å²) in [5.74, 6) is 1.26. The molecule has 0 N–H and O–H groups in total. The second-order valence-electron chi connectivity index (χ2n) is 6.32. The lowest BCUT2D eigenvalue weighted by atomic mass is 10.1. The van der Waals surface area contributed by atoms with Gasteiger partial charge < -0.3 is 13.9 Å². The highest BCUT2D eigenvalue weighted by Crippen LogP contribution is 2.34. The van der Waals surface area contributed by atoms with Gasteiger partial charge in [-0.25, -0.2) is 9.78 Å². The Morgan fingerprint density at radius 2 is 2.13 bits per heavy atom. The first kappa shape index (κ1) is 20.3. The number of aromatic nitrogens is 3. The Bertz CT molecular complexity index is 1200. The van der Waals surface area contributed by atoms with E-state index in [4.69, 9.17) is 25.5 Å². The van der Waals surface area contributed by atoms with Crippen LogP contribution in [0.5, 0.6) is 5.75 Å². The van der Waals surface area contributed by atoms with E-state index in [0.29, 0.717) is 46.7 Å². The van der Waals surface area contributed by atoms with E-state index in [1.165, 1.54) is 17.5 Å². The quantitative estimate of drug-likeness (QED) is 0.282. The Hall–Kier alpha value is -2.97. The summed E-state index contributed by atoms with van der Waals surface area (Å²) in [7, 11) is 0. The van der Waals surface area contributed by atoms with Crippen molar-refractivity contribution in [1.82, 2.24) is 15.2 Å². The molecule has 4 aromatic rings. The number of thiophene rings is 1. The largest absolute Gasteiger partial charge is 0.489 e. The highest BCUT2D eigenvalue weighted by molar-refractivity contribution is 7.17. The van der Waals surface area contributed by atoms with Gasteiger partial charge in [-0.2, -0.15) is 0 Å². The Morgan fingerprint density at radius 1 is 1.27 bits per heavy atom. The number of ether oxygens (including phenoxy) is 2. The van der Waals surface area contributed by atoms with Crippen LogP contribution in [0.2, 0.25) is 5.15 Å². The number of hydrogen-bond acceptors (Lipinski definition) is 8. The number of benzene rings is 1. The van der Waals surface area contributed by atoms with E-state index in [1.807, 2.05) is 36.6 Å². The number of pyridine rings is 1. The van der Waals surface area contributed by atoms with E-state index in [9.17, 15) is 4.79 Å². The lowest BCUT2D eigenvalue weighted by Gasteiger charge is -2.08. The summed E-state index contributed by atoms with van der Waals surface area (Å²) in [5.41, 5.74) is 2.02. The first-order chi connectivity index (χ1) is 14.6. The maximum atomic E-state index is 12.2. The van der Waals surface area contributed by atoms with Crippen LogP contribution in [0.15, 0.2) is 40.3 Å². The van der Waals surface area contributed by atoms with Crippen molar-refractivity contribution in [1.29, 1.82) is 0 Å². The molecule has 1 aromatic carbocycles. The number of fused-ring (bicyclic) bond motifs is 1. The molecule has 0 aliphatic heterocycles. The summed E-state index contributed by atoms with van der Waals surface area (Å²) >= 11 is 7.73. The Morgan fingerprint density at radius 3 is 2.90 bits per heavy atom. The molecule has 3 heterocycles. The highest BCUT2D eigenvalue weighted by atomic mass is 35.5. The first-order valence-corrected chi connectivity index (χ1v) is 10.6. The molecule has 0 amide bonds. The van der Waals surface area contributed by atoms with Crippen molar-refractivity contribution in [2.45, 2.75) is 26.9 Å². The van der Waals surface area contributed by atoms with Crippen LogP contribution in [-0.4, -0.2) is 27.8 Å². The Labute approximate surface area is 181 Å². The van der Waals surface area contributed by atoms with Crippen LogP contribution in [0, 0.1) is 0 Å². The van der Waals surface area contributed by atoms with Gasteiger partial charge in [0.2, 0.25) is 11.8 Å². The number of carbonyl (C=O) groups is 1. The standard InChI is InChI=1S/C21H18ClN3O4S/c1-3-16-24-25-20(29-16)12-6-5-7-14(8-12)28-10-13-11-30-18-15(21(26)27-4-2)9-23-19(22)17(13)18/h5-9,11H,3-4,10H2,1-2H3. The molecule has 154 valence electrons. The molecule has 0 saturated carbocycles. The van der Waals surface area contributed by atoms with Gasteiger partial charge in [-0.1, -0.05) is 24.6 Å². The molecule has 9 heteroatoms. The average Bonchev–Trinajstić information content (AvgIpc) is 3.41. The second-order valence-corrected chi connectivity index (χ2v) is 7.56. The maximum absolute atomic E-state index is 12.2. The molecule has 0 spiro atoms. The molecule has 30 heavy (non-hydrogen) atoms. The van der Waals surface area contributed by atoms with Gasteiger partial charge in [0.1, 0.15) is 17.5 Å². The monoisotopic (exact) mass is 443 g/mol. The first-order valence-electron chi connectivity index (χ1n) is 9.38. The summed E-state index contributed by atoms with van der Waals surface area (Å²) in [6, 6.07) is 7.43. The lowest BCUT2D eigenvalue weighted by Crippen LogP contribution is -2.05. The fraction of sp³-hybridized carbons (Fsp3) is 0.238. The third-order valence-electron chi connectivity index (χ3n) is 4.37. The number of rotatable bonds is 7. The van der Waals surface area contributed by atoms with Crippen molar-refractivity contribution in [2.24, 2.45) is 0 Å². The van der Waals surface area contributed by atoms with E-state index in [-0.39, 0.29) is 6.61 Å². The molecule has 3 aromatic heterocycles. The van der Waals surface area contributed by atoms with Crippen molar-refractivity contribution < 1.29 is 18.7 Å². The normalized spacial score (nSPS) is 11.0. The predicted octanol–water partition coefficient (Wildman–Crippen LogP) is 5.32. The van der Waals surface area contributed by atoms with Crippen LogP contribution in [0.1, 0.15) is 35.7 Å². The average molecular weight is 444 g/mol. The van der Waals surface area contributed by atoms with Crippen LogP contribution >= 0.6 is 22.9 Å². The van der Waals surface area contributed by atoms with Crippen molar-refractivity contribution >= 4 is 39.0 Å². The summed E-state index contributed by atoms with van der Waals surface area (Å²) in [6.07, 6.45) is 2.12. The number of esters is 1. The number of hydrogen-bond donors (Lipinski definition) is 0. The van der Waals surface area contributed by atoms with Gasteiger partial charge in [-0.15, -0.1) is 21.5 Å². The molecule has 0 aliphatic carbocycles. The van der Waals surface area contributed by atoms with Crippen molar-refractivity contribution in [3.05, 3.63) is 58.0 Å². The van der Waals surface area contributed by atoms with Crippen LogP contribution in [0.4, 0.5) is 0 Å². The predicted molar refractivity (Wildman–Crippen MR) is 114 cm³/mol.